The summed E-state index contributed by atoms with van der Waals surface area (Å²) in [6.45, 7) is 20.7. The zero-order valence-corrected chi connectivity index (χ0v) is 29.1. The van der Waals surface area contributed by atoms with Crippen molar-refractivity contribution in [2.45, 2.75) is 118 Å². The number of carboxylic acid groups (broad SMARTS) is 1. The van der Waals surface area contributed by atoms with Crippen molar-refractivity contribution in [1.82, 2.24) is 0 Å². The third kappa shape index (κ3) is 4.37. The van der Waals surface area contributed by atoms with Crippen LogP contribution in [0, 0.1) is 56.2 Å². The first-order chi connectivity index (χ1) is 21.4. The number of fused-ring (bicyclic) bond motifs is 7. The monoisotopic (exact) mass is 632 g/mol. The van der Waals surface area contributed by atoms with Crippen LogP contribution in [0.4, 0.5) is 0 Å². The fraction of sp³-hybridized carbons (Fsp3) is 0.700. The van der Waals surface area contributed by atoms with Crippen LogP contribution in [0.5, 0.6) is 5.75 Å². The number of esters is 1. The number of carbonyl (C=O) groups is 2. The summed E-state index contributed by atoms with van der Waals surface area (Å²) in [6.07, 6.45) is 9.65. The van der Waals surface area contributed by atoms with Crippen LogP contribution in [0.1, 0.15) is 112 Å². The van der Waals surface area contributed by atoms with Crippen LogP contribution >= 0.6 is 0 Å². The second-order valence-corrected chi connectivity index (χ2v) is 17.7. The Kier molecular flexibility index (Phi) is 7.75. The molecule has 0 aliphatic heterocycles. The molecular formula is C40H56O6. The summed E-state index contributed by atoms with van der Waals surface area (Å²) in [5.74, 6) is 0.0573. The van der Waals surface area contributed by atoms with Crippen LogP contribution in [0.2, 0.25) is 0 Å². The maximum Gasteiger partial charge on any atom is 0.331 e. The number of carbonyl (C=O) groups excluding carboxylic acids is 1. The lowest BCUT2D eigenvalue weighted by atomic mass is 9.28. The van der Waals surface area contributed by atoms with Crippen molar-refractivity contribution >= 4 is 18.0 Å². The Labute approximate surface area is 275 Å². The number of hydrogen-bond acceptors (Lipinski definition) is 5. The largest absolute Gasteiger partial charge is 0.508 e. The highest BCUT2D eigenvalue weighted by Crippen LogP contribution is 2.81. The Morgan fingerprint density at radius 1 is 0.891 bits per heavy atom. The standard InChI is InChI=1S/C40H56O6/c1-24(2)27-15-20-40(34(44)45)22-21-39(8)37(6)18-16-29-35(3,4)33(46-31(43)14-11-25-9-12-26(41)13-10-25)28(42)23-36(29,5)30(37)17-19-38(39,7)32(27)40/h9-14,27-30,32-33,41-42H,1,15-23H2,2-8H3,(H,44,45)/b14-11-/t27-,28+,29-,30+,32+,33-,36-,37+,38+,39-,40-/m0/s1. The average Bonchev–Trinajstić information content (AvgIpc) is 3.39. The van der Waals surface area contributed by atoms with Gasteiger partial charge in [-0.25, -0.2) is 4.79 Å². The number of ether oxygens (including phenoxy) is 1. The molecule has 0 heterocycles. The van der Waals surface area contributed by atoms with Crippen LogP contribution in [0.15, 0.2) is 42.5 Å². The molecule has 0 aromatic heterocycles. The van der Waals surface area contributed by atoms with E-state index in [1.807, 2.05) is 0 Å². The summed E-state index contributed by atoms with van der Waals surface area (Å²) in [7, 11) is 0. The first-order valence-electron chi connectivity index (χ1n) is 17.6. The van der Waals surface area contributed by atoms with Gasteiger partial charge >= 0.3 is 11.9 Å². The molecule has 1 aromatic rings. The molecule has 252 valence electrons. The molecule has 11 atom stereocenters. The summed E-state index contributed by atoms with van der Waals surface area (Å²) in [4.78, 5) is 26.1. The molecule has 0 unspecified atom stereocenters. The van der Waals surface area contributed by atoms with E-state index < -0.39 is 35.0 Å². The zero-order chi connectivity index (χ0) is 33.7. The lowest BCUT2D eigenvalue weighted by molar-refractivity contribution is -0.287. The number of aliphatic hydroxyl groups excluding tert-OH is 1. The van der Waals surface area contributed by atoms with Crippen LogP contribution in [-0.2, 0) is 14.3 Å². The minimum Gasteiger partial charge on any atom is -0.508 e. The molecule has 5 aliphatic carbocycles. The van der Waals surface area contributed by atoms with E-state index in [1.165, 1.54) is 6.08 Å². The predicted octanol–water partition coefficient (Wildman–Crippen LogP) is 8.42. The van der Waals surface area contributed by atoms with Gasteiger partial charge in [-0.3, -0.25) is 4.79 Å². The Morgan fingerprint density at radius 3 is 2.15 bits per heavy atom. The molecule has 0 saturated heterocycles. The highest BCUT2D eigenvalue weighted by Gasteiger charge is 2.76. The number of aliphatic hydroxyl groups is 1. The van der Waals surface area contributed by atoms with E-state index in [-0.39, 0.29) is 45.2 Å². The Bertz CT molecular complexity index is 1440. The normalized spacial score (nSPS) is 46.0. The Hall–Kier alpha value is -2.60. The number of rotatable bonds is 5. The van der Waals surface area contributed by atoms with Gasteiger partial charge in [0.25, 0.3) is 0 Å². The van der Waals surface area contributed by atoms with Gasteiger partial charge in [0.1, 0.15) is 11.9 Å². The number of phenols is 1. The molecule has 6 nitrogen and oxygen atoms in total. The Balaban J connectivity index is 1.29. The van der Waals surface area contributed by atoms with E-state index in [4.69, 9.17) is 4.74 Å². The smallest absolute Gasteiger partial charge is 0.331 e. The summed E-state index contributed by atoms with van der Waals surface area (Å²) in [5, 5.41) is 32.1. The van der Waals surface area contributed by atoms with Crippen LogP contribution in [0.25, 0.3) is 6.08 Å². The van der Waals surface area contributed by atoms with E-state index in [0.29, 0.717) is 12.3 Å². The quantitative estimate of drug-likeness (QED) is 0.171. The third-order valence-corrected chi connectivity index (χ3v) is 15.7. The van der Waals surface area contributed by atoms with Crippen LogP contribution in [-0.4, -0.2) is 39.5 Å². The van der Waals surface area contributed by atoms with Crippen molar-refractivity contribution in [3.63, 3.8) is 0 Å². The summed E-state index contributed by atoms with van der Waals surface area (Å²) in [5.41, 5.74) is 0.500. The number of allylic oxidation sites excluding steroid dienone is 1. The molecule has 5 aliphatic rings. The lowest BCUT2D eigenvalue weighted by Crippen LogP contribution is -2.71. The fourth-order valence-corrected chi connectivity index (χ4v) is 13.4. The lowest BCUT2D eigenvalue weighted by Gasteiger charge is -2.76. The van der Waals surface area contributed by atoms with Crippen molar-refractivity contribution in [3.05, 3.63) is 48.1 Å². The minimum absolute atomic E-state index is 0.00963. The highest BCUT2D eigenvalue weighted by molar-refractivity contribution is 5.87. The first-order valence-corrected chi connectivity index (χ1v) is 17.6. The molecule has 5 fully saturated rings. The zero-order valence-electron chi connectivity index (χ0n) is 29.1. The molecule has 46 heavy (non-hydrogen) atoms. The van der Waals surface area contributed by atoms with Gasteiger partial charge in [-0.05, 0) is 134 Å². The molecule has 0 spiro atoms. The number of phenolic OH excluding ortho intramolecular Hbond substituents is 1. The van der Waals surface area contributed by atoms with Crippen LogP contribution in [0.3, 0.4) is 0 Å². The fourth-order valence-electron chi connectivity index (χ4n) is 13.4. The van der Waals surface area contributed by atoms with Crippen molar-refractivity contribution in [2.24, 2.45) is 56.2 Å². The van der Waals surface area contributed by atoms with Gasteiger partial charge in [-0.1, -0.05) is 65.8 Å². The van der Waals surface area contributed by atoms with Gasteiger partial charge in [-0.2, -0.15) is 0 Å². The van der Waals surface area contributed by atoms with Gasteiger partial charge in [0.15, 0.2) is 0 Å². The molecular weight excluding hydrogens is 576 g/mol. The van der Waals surface area contributed by atoms with E-state index in [1.54, 1.807) is 30.3 Å². The first kappa shape index (κ1) is 33.3. The molecule has 5 saturated carbocycles. The molecule has 0 amide bonds. The van der Waals surface area contributed by atoms with Gasteiger partial charge in [0, 0.05) is 11.5 Å². The molecule has 0 radical (unpaired) electrons. The number of benzene rings is 1. The second kappa shape index (κ2) is 10.7. The summed E-state index contributed by atoms with van der Waals surface area (Å²) >= 11 is 0. The molecule has 6 rings (SSSR count). The number of aromatic hydroxyl groups is 1. The minimum atomic E-state index is -0.778. The van der Waals surface area contributed by atoms with Crippen molar-refractivity contribution in [3.8, 4) is 5.75 Å². The van der Waals surface area contributed by atoms with E-state index in [0.717, 1.165) is 62.5 Å². The van der Waals surface area contributed by atoms with Gasteiger partial charge in [0.05, 0.1) is 11.5 Å². The summed E-state index contributed by atoms with van der Waals surface area (Å²) in [6, 6.07) is 6.62. The molecule has 3 N–H and O–H groups in total. The molecule has 1 aromatic carbocycles. The van der Waals surface area contributed by atoms with Gasteiger partial charge in [0.2, 0.25) is 0 Å². The van der Waals surface area contributed by atoms with E-state index in [9.17, 15) is 24.9 Å². The average molecular weight is 633 g/mol. The van der Waals surface area contributed by atoms with Crippen molar-refractivity contribution < 1.29 is 29.6 Å². The SMILES string of the molecule is C=C(C)[C@@H]1CC[C@]2(C(=O)O)CC[C@@]3(C)[C@]4(C)CC[C@H]5C(C)(C)[C@@H](OC(=O)/C=C\c6ccc(O)cc6)[C@H](O)C[C@]5(C)[C@H]4CC[C@]3(C)[C@@H]12. The summed E-state index contributed by atoms with van der Waals surface area (Å²) < 4.78 is 6.07. The number of aliphatic carboxylic acids is 1. The van der Waals surface area contributed by atoms with E-state index in [2.05, 4.69) is 55.0 Å². The van der Waals surface area contributed by atoms with Crippen LogP contribution < -0.4 is 0 Å². The topological polar surface area (TPSA) is 104 Å². The maximum absolute atomic E-state index is 13.1. The third-order valence-electron chi connectivity index (χ3n) is 15.7. The van der Waals surface area contributed by atoms with Crippen molar-refractivity contribution in [1.29, 1.82) is 0 Å². The second-order valence-electron chi connectivity index (χ2n) is 17.7. The van der Waals surface area contributed by atoms with Gasteiger partial charge < -0.3 is 20.1 Å². The maximum atomic E-state index is 13.1. The number of carboxylic acids is 1. The Morgan fingerprint density at radius 2 is 1.52 bits per heavy atom. The van der Waals surface area contributed by atoms with Crippen molar-refractivity contribution in [2.75, 3.05) is 0 Å². The molecule has 0 bridgehead atoms. The van der Waals surface area contributed by atoms with Gasteiger partial charge in [-0.15, -0.1) is 0 Å². The number of hydrogen-bond donors (Lipinski definition) is 3. The highest BCUT2D eigenvalue weighted by atomic mass is 16.6. The predicted molar refractivity (Wildman–Crippen MR) is 180 cm³/mol. The van der Waals surface area contributed by atoms with E-state index >= 15 is 0 Å². The molecule has 6 heteroatoms.